The Kier molecular flexibility index (Phi) is 4.86. The highest BCUT2D eigenvalue weighted by Crippen LogP contribution is 2.21. The van der Waals surface area contributed by atoms with Crippen molar-refractivity contribution >= 4 is 11.9 Å². The molecule has 1 N–H and O–H groups in total. The van der Waals surface area contributed by atoms with Gasteiger partial charge in [-0.3, -0.25) is 19.3 Å². The van der Waals surface area contributed by atoms with Gasteiger partial charge in [0.05, 0.1) is 12.2 Å². The maximum absolute atomic E-state index is 12.3. The SMILES string of the molecule is Cc1cc(C)n(C[C@@H]2CCCCN2CCN2C(=O)NC(C)(C)C2=O)n1. The van der Waals surface area contributed by atoms with Gasteiger partial charge in [-0.25, -0.2) is 4.79 Å². The number of nitrogens with zero attached hydrogens (tertiary/aromatic N) is 4. The lowest BCUT2D eigenvalue weighted by Gasteiger charge is -2.36. The van der Waals surface area contributed by atoms with Crippen molar-refractivity contribution in [2.75, 3.05) is 19.6 Å². The largest absolute Gasteiger partial charge is 0.325 e. The number of aryl methyl sites for hydroxylation is 2. The van der Waals surface area contributed by atoms with E-state index < -0.39 is 5.54 Å². The third-order valence-corrected chi connectivity index (χ3v) is 5.29. The zero-order valence-corrected chi connectivity index (χ0v) is 15.7. The molecule has 0 aromatic carbocycles. The van der Waals surface area contributed by atoms with E-state index in [0.717, 1.165) is 31.7 Å². The van der Waals surface area contributed by atoms with E-state index in [1.54, 1.807) is 13.8 Å². The first kappa shape index (κ1) is 17.9. The van der Waals surface area contributed by atoms with Crippen molar-refractivity contribution in [2.24, 2.45) is 0 Å². The topological polar surface area (TPSA) is 70.5 Å². The number of carbonyl (C=O) groups is 2. The Hall–Kier alpha value is -1.89. The highest BCUT2D eigenvalue weighted by atomic mass is 16.2. The summed E-state index contributed by atoms with van der Waals surface area (Å²) >= 11 is 0. The zero-order valence-electron chi connectivity index (χ0n) is 15.7. The summed E-state index contributed by atoms with van der Waals surface area (Å²) in [5.41, 5.74) is 1.43. The fourth-order valence-electron chi connectivity index (χ4n) is 3.87. The second kappa shape index (κ2) is 6.78. The van der Waals surface area contributed by atoms with Crippen molar-refractivity contribution < 1.29 is 9.59 Å². The Morgan fingerprint density at radius 1 is 1.24 bits per heavy atom. The average molecular weight is 347 g/mol. The van der Waals surface area contributed by atoms with Crippen molar-refractivity contribution in [3.05, 3.63) is 17.5 Å². The van der Waals surface area contributed by atoms with Gasteiger partial charge in [0, 0.05) is 24.8 Å². The first-order chi connectivity index (χ1) is 11.8. The molecule has 25 heavy (non-hydrogen) atoms. The number of imide groups is 1. The number of aromatic nitrogens is 2. The lowest BCUT2D eigenvalue weighted by Crippen LogP contribution is -2.47. The van der Waals surface area contributed by atoms with Crippen LogP contribution in [-0.2, 0) is 11.3 Å². The molecule has 1 atom stereocenters. The number of amides is 3. The number of urea groups is 1. The van der Waals surface area contributed by atoms with Crippen LogP contribution in [0.3, 0.4) is 0 Å². The molecule has 138 valence electrons. The fourth-order valence-corrected chi connectivity index (χ4v) is 3.87. The number of hydrogen-bond acceptors (Lipinski definition) is 4. The van der Waals surface area contributed by atoms with Gasteiger partial charge >= 0.3 is 6.03 Å². The lowest BCUT2D eigenvalue weighted by molar-refractivity contribution is -0.130. The van der Waals surface area contributed by atoms with Crippen molar-refractivity contribution in [3.8, 4) is 0 Å². The minimum Gasteiger partial charge on any atom is -0.324 e. The molecule has 2 saturated heterocycles. The fraction of sp³-hybridized carbons (Fsp3) is 0.722. The van der Waals surface area contributed by atoms with Gasteiger partial charge in [0.2, 0.25) is 0 Å². The Balaban J connectivity index is 1.63. The van der Waals surface area contributed by atoms with Crippen LogP contribution >= 0.6 is 0 Å². The van der Waals surface area contributed by atoms with Gasteiger partial charge < -0.3 is 5.32 Å². The van der Waals surface area contributed by atoms with Crippen LogP contribution in [0.15, 0.2) is 6.07 Å². The Morgan fingerprint density at radius 2 is 2.00 bits per heavy atom. The van der Waals surface area contributed by atoms with E-state index in [4.69, 9.17) is 0 Å². The molecule has 0 bridgehead atoms. The van der Waals surface area contributed by atoms with E-state index in [0.29, 0.717) is 12.6 Å². The Labute approximate surface area is 149 Å². The van der Waals surface area contributed by atoms with Gasteiger partial charge in [0.25, 0.3) is 5.91 Å². The lowest BCUT2D eigenvalue weighted by atomic mass is 10.0. The van der Waals surface area contributed by atoms with Crippen molar-refractivity contribution in [2.45, 2.75) is 65.1 Å². The van der Waals surface area contributed by atoms with Crippen molar-refractivity contribution in [1.82, 2.24) is 24.9 Å². The number of likely N-dealkylation sites (tertiary alicyclic amines) is 1. The molecule has 2 aliphatic heterocycles. The summed E-state index contributed by atoms with van der Waals surface area (Å²) < 4.78 is 2.08. The normalized spacial score (nSPS) is 24.0. The molecule has 3 amide bonds. The molecule has 1 aromatic rings. The quantitative estimate of drug-likeness (QED) is 0.823. The van der Waals surface area contributed by atoms with Crippen molar-refractivity contribution in [3.63, 3.8) is 0 Å². The molecule has 2 aliphatic rings. The molecule has 0 spiro atoms. The second-order valence-corrected chi connectivity index (χ2v) is 7.81. The minimum absolute atomic E-state index is 0.135. The van der Waals surface area contributed by atoms with Gasteiger partial charge in [0.1, 0.15) is 5.54 Å². The minimum atomic E-state index is -0.790. The van der Waals surface area contributed by atoms with E-state index >= 15 is 0 Å². The summed E-state index contributed by atoms with van der Waals surface area (Å²) in [7, 11) is 0. The molecule has 7 heteroatoms. The van der Waals surface area contributed by atoms with Gasteiger partial charge in [-0.05, 0) is 53.1 Å². The van der Waals surface area contributed by atoms with Gasteiger partial charge in [-0.1, -0.05) is 6.42 Å². The Bertz CT molecular complexity index is 666. The second-order valence-electron chi connectivity index (χ2n) is 7.81. The smallest absolute Gasteiger partial charge is 0.324 e. The van der Waals surface area contributed by atoms with Crippen LogP contribution in [0.5, 0.6) is 0 Å². The maximum Gasteiger partial charge on any atom is 0.325 e. The van der Waals surface area contributed by atoms with Crippen LogP contribution in [0.1, 0.15) is 44.5 Å². The number of piperidine rings is 1. The van der Waals surface area contributed by atoms with Crippen LogP contribution in [0.25, 0.3) is 0 Å². The van der Waals surface area contributed by atoms with Gasteiger partial charge in [-0.15, -0.1) is 0 Å². The summed E-state index contributed by atoms with van der Waals surface area (Å²) in [6, 6.07) is 2.23. The van der Waals surface area contributed by atoms with Crippen LogP contribution in [0, 0.1) is 13.8 Å². The first-order valence-corrected chi connectivity index (χ1v) is 9.17. The number of hydrogen-bond donors (Lipinski definition) is 1. The summed E-state index contributed by atoms with van der Waals surface area (Å²) in [4.78, 5) is 28.2. The molecule has 3 rings (SSSR count). The van der Waals surface area contributed by atoms with E-state index in [2.05, 4.69) is 33.0 Å². The van der Waals surface area contributed by atoms with Crippen molar-refractivity contribution in [1.29, 1.82) is 0 Å². The summed E-state index contributed by atoms with van der Waals surface area (Å²) in [6.07, 6.45) is 3.51. The van der Waals surface area contributed by atoms with E-state index in [9.17, 15) is 9.59 Å². The molecule has 0 unspecified atom stereocenters. The van der Waals surface area contributed by atoms with E-state index in [-0.39, 0.29) is 11.9 Å². The first-order valence-electron chi connectivity index (χ1n) is 9.17. The van der Waals surface area contributed by atoms with Crippen LogP contribution in [0.4, 0.5) is 4.79 Å². The van der Waals surface area contributed by atoms with E-state index in [1.807, 2.05) is 6.92 Å². The predicted molar refractivity (Wildman–Crippen MR) is 95.2 cm³/mol. The number of nitrogens with one attached hydrogen (secondary N) is 1. The zero-order chi connectivity index (χ0) is 18.2. The van der Waals surface area contributed by atoms with Crippen LogP contribution < -0.4 is 5.32 Å². The summed E-state index contributed by atoms with van der Waals surface area (Å²) in [5.74, 6) is -0.135. The van der Waals surface area contributed by atoms with Crippen LogP contribution in [0.2, 0.25) is 0 Å². The maximum atomic E-state index is 12.3. The summed E-state index contributed by atoms with van der Waals surface area (Å²) in [6.45, 7) is 10.6. The number of rotatable bonds is 5. The third kappa shape index (κ3) is 3.71. The average Bonchev–Trinajstić information content (AvgIpc) is 2.95. The Morgan fingerprint density at radius 3 is 2.60 bits per heavy atom. The summed E-state index contributed by atoms with van der Waals surface area (Å²) in [5, 5.41) is 7.33. The highest BCUT2D eigenvalue weighted by molar-refractivity contribution is 6.06. The molecule has 3 heterocycles. The molecule has 1 aromatic heterocycles. The van der Waals surface area contributed by atoms with Gasteiger partial charge in [0.15, 0.2) is 0 Å². The predicted octanol–water partition coefficient (Wildman–Crippen LogP) is 1.68. The standard InChI is InChI=1S/C18H29N5O2/c1-13-11-14(2)23(20-13)12-15-7-5-6-8-21(15)9-10-22-16(24)18(3,4)19-17(22)25/h11,15H,5-10,12H2,1-4H3,(H,19,25)/t15-/m0/s1. The molecule has 0 aliphatic carbocycles. The van der Waals surface area contributed by atoms with E-state index in [1.165, 1.54) is 23.4 Å². The van der Waals surface area contributed by atoms with Crippen LogP contribution in [-0.4, -0.2) is 62.7 Å². The third-order valence-electron chi connectivity index (χ3n) is 5.29. The van der Waals surface area contributed by atoms with Gasteiger partial charge in [-0.2, -0.15) is 5.10 Å². The number of carbonyl (C=O) groups excluding carboxylic acids is 2. The highest BCUT2D eigenvalue weighted by Gasteiger charge is 2.44. The molecular weight excluding hydrogens is 318 g/mol. The molecule has 2 fully saturated rings. The molecule has 0 radical (unpaired) electrons. The monoisotopic (exact) mass is 347 g/mol. The molecular formula is C18H29N5O2. The molecule has 0 saturated carbocycles. The molecule has 7 nitrogen and oxygen atoms in total.